The summed E-state index contributed by atoms with van der Waals surface area (Å²) in [6.07, 6.45) is -0.176. The first-order valence-corrected chi connectivity index (χ1v) is 6.56. The van der Waals surface area contributed by atoms with Gasteiger partial charge in [-0.25, -0.2) is 9.59 Å². The standard InChI is InChI=1S/C12H20N2O6/c1-2-20-10(16)4-3-5-13-12(19)14-7-8(15)6-9(14)11(17)18/h8-9,15H,2-7H2,1H3,(H,13,19)(H,17,18)/t8-,9-/m1/s1. The molecule has 2 amide bonds. The molecule has 0 aromatic heterocycles. The van der Waals surface area contributed by atoms with E-state index in [0.29, 0.717) is 13.0 Å². The minimum Gasteiger partial charge on any atom is -0.480 e. The molecule has 1 aliphatic heterocycles. The van der Waals surface area contributed by atoms with Crippen LogP contribution in [0, 0.1) is 0 Å². The van der Waals surface area contributed by atoms with E-state index in [1.165, 1.54) is 0 Å². The summed E-state index contributed by atoms with van der Waals surface area (Å²) >= 11 is 0. The molecule has 1 heterocycles. The van der Waals surface area contributed by atoms with E-state index in [-0.39, 0.29) is 31.9 Å². The molecular weight excluding hydrogens is 268 g/mol. The molecule has 1 fully saturated rings. The first-order valence-electron chi connectivity index (χ1n) is 6.56. The minimum absolute atomic E-state index is 0.000671. The average Bonchev–Trinajstić information content (AvgIpc) is 2.77. The molecule has 0 aliphatic carbocycles. The second-order valence-electron chi connectivity index (χ2n) is 4.54. The third-order valence-electron chi connectivity index (χ3n) is 2.96. The number of carboxylic acid groups (broad SMARTS) is 1. The molecule has 0 bridgehead atoms. The smallest absolute Gasteiger partial charge is 0.326 e. The molecule has 1 rings (SSSR count). The Balaban J connectivity index is 2.31. The minimum atomic E-state index is -1.14. The number of nitrogens with zero attached hydrogens (tertiary/aromatic N) is 1. The fourth-order valence-corrected chi connectivity index (χ4v) is 2.04. The molecular formula is C12H20N2O6. The van der Waals surface area contributed by atoms with E-state index in [1.54, 1.807) is 6.92 Å². The van der Waals surface area contributed by atoms with Crippen LogP contribution in [-0.4, -0.2) is 64.9 Å². The van der Waals surface area contributed by atoms with Crippen molar-refractivity contribution in [3.8, 4) is 0 Å². The van der Waals surface area contributed by atoms with Gasteiger partial charge in [0.15, 0.2) is 0 Å². The monoisotopic (exact) mass is 288 g/mol. The molecule has 0 unspecified atom stereocenters. The van der Waals surface area contributed by atoms with E-state index in [9.17, 15) is 19.5 Å². The highest BCUT2D eigenvalue weighted by Crippen LogP contribution is 2.17. The number of β-amino-alcohol motifs (C(OH)–C–C–N with tert-alkyl or cyclic N) is 1. The van der Waals surface area contributed by atoms with Gasteiger partial charge in [0.05, 0.1) is 12.7 Å². The third-order valence-corrected chi connectivity index (χ3v) is 2.96. The van der Waals surface area contributed by atoms with E-state index in [0.717, 1.165) is 4.90 Å². The highest BCUT2D eigenvalue weighted by molar-refractivity contribution is 5.83. The average molecular weight is 288 g/mol. The van der Waals surface area contributed by atoms with Crippen molar-refractivity contribution in [1.82, 2.24) is 10.2 Å². The molecule has 0 aromatic carbocycles. The first-order chi connectivity index (χ1) is 9.45. The highest BCUT2D eigenvalue weighted by Gasteiger charge is 2.38. The lowest BCUT2D eigenvalue weighted by Gasteiger charge is -2.21. The predicted molar refractivity (Wildman–Crippen MR) is 68.0 cm³/mol. The SMILES string of the molecule is CCOC(=O)CCCNC(=O)N1C[C@H](O)C[C@@H]1C(=O)O. The van der Waals surface area contributed by atoms with Gasteiger partial charge in [0.2, 0.25) is 0 Å². The number of aliphatic hydroxyl groups excluding tert-OH is 1. The normalized spacial score (nSPS) is 21.6. The van der Waals surface area contributed by atoms with Crippen molar-refractivity contribution in [2.45, 2.75) is 38.3 Å². The zero-order chi connectivity index (χ0) is 15.1. The largest absolute Gasteiger partial charge is 0.480 e. The molecule has 20 heavy (non-hydrogen) atoms. The first kappa shape index (κ1) is 16.2. The van der Waals surface area contributed by atoms with Crippen LogP contribution >= 0.6 is 0 Å². The summed E-state index contributed by atoms with van der Waals surface area (Å²) in [6, 6.07) is -1.55. The predicted octanol–water partition coefficient (Wildman–Crippen LogP) is -0.441. The molecule has 0 spiro atoms. The van der Waals surface area contributed by atoms with Crippen molar-refractivity contribution in [2.75, 3.05) is 19.7 Å². The van der Waals surface area contributed by atoms with Gasteiger partial charge >= 0.3 is 18.0 Å². The summed E-state index contributed by atoms with van der Waals surface area (Å²) in [6.45, 7) is 2.28. The van der Waals surface area contributed by atoms with Crippen LogP contribution in [-0.2, 0) is 14.3 Å². The molecule has 1 aliphatic rings. The summed E-state index contributed by atoms with van der Waals surface area (Å²) in [4.78, 5) is 34.9. The van der Waals surface area contributed by atoms with Crippen LogP contribution in [0.3, 0.4) is 0 Å². The highest BCUT2D eigenvalue weighted by atomic mass is 16.5. The van der Waals surface area contributed by atoms with Gasteiger partial charge in [-0.15, -0.1) is 0 Å². The van der Waals surface area contributed by atoms with E-state index < -0.39 is 24.1 Å². The number of aliphatic carboxylic acids is 1. The van der Waals surface area contributed by atoms with Gasteiger partial charge in [0.25, 0.3) is 0 Å². The Labute approximate surface area is 116 Å². The van der Waals surface area contributed by atoms with Gasteiger partial charge < -0.3 is 25.2 Å². The number of aliphatic hydroxyl groups is 1. The Morgan fingerprint density at radius 2 is 2.10 bits per heavy atom. The number of nitrogens with one attached hydrogen (secondary N) is 1. The number of rotatable bonds is 6. The van der Waals surface area contributed by atoms with Crippen molar-refractivity contribution in [3.05, 3.63) is 0 Å². The fraction of sp³-hybridized carbons (Fsp3) is 0.750. The van der Waals surface area contributed by atoms with Crippen molar-refractivity contribution in [1.29, 1.82) is 0 Å². The lowest BCUT2D eigenvalue weighted by atomic mass is 10.2. The number of carbonyl (C=O) groups is 3. The lowest BCUT2D eigenvalue weighted by molar-refractivity contribution is -0.143. The second kappa shape index (κ2) is 7.68. The van der Waals surface area contributed by atoms with Crippen LogP contribution in [0.15, 0.2) is 0 Å². The van der Waals surface area contributed by atoms with Crippen molar-refractivity contribution in [3.63, 3.8) is 0 Å². The molecule has 114 valence electrons. The third kappa shape index (κ3) is 4.69. The Bertz CT molecular complexity index is 373. The quantitative estimate of drug-likeness (QED) is 0.450. The van der Waals surface area contributed by atoms with Gasteiger partial charge in [0.1, 0.15) is 6.04 Å². The van der Waals surface area contributed by atoms with Crippen LogP contribution in [0.1, 0.15) is 26.2 Å². The number of hydrogen-bond acceptors (Lipinski definition) is 5. The zero-order valence-corrected chi connectivity index (χ0v) is 11.4. The Hall–Kier alpha value is -1.83. The van der Waals surface area contributed by atoms with Crippen molar-refractivity contribution in [2.24, 2.45) is 0 Å². The summed E-state index contributed by atoms with van der Waals surface area (Å²) in [5.74, 6) is -1.47. The number of likely N-dealkylation sites (tertiary alicyclic amines) is 1. The number of carbonyl (C=O) groups excluding carboxylic acids is 2. The molecule has 0 radical (unpaired) electrons. The Morgan fingerprint density at radius 3 is 2.70 bits per heavy atom. The van der Waals surface area contributed by atoms with Crippen LogP contribution in [0.4, 0.5) is 4.79 Å². The van der Waals surface area contributed by atoms with Gasteiger partial charge in [0, 0.05) is 25.9 Å². The molecule has 2 atom stereocenters. The molecule has 8 heteroatoms. The number of carboxylic acids is 1. The molecule has 1 saturated heterocycles. The van der Waals surface area contributed by atoms with Crippen LogP contribution < -0.4 is 5.32 Å². The number of ether oxygens (including phenoxy) is 1. The van der Waals surface area contributed by atoms with Gasteiger partial charge in [-0.2, -0.15) is 0 Å². The Kier molecular flexibility index (Phi) is 6.23. The van der Waals surface area contributed by atoms with Gasteiger partial charge in [-0.05, 0) is 13.3 Å². The summed E-state index contributed by atoms with van der Waals surface area (Å²) in [5.41, 5.74) is 0. The van der Waals surface area contributed by atoms with E-state index in [2.05, 4.69) is 5.32 Å². The maximum atomic E-state index is 11.8. The zero-order valence-electron chi connectivity index (χ0n) is 11.4. The van der Waals surface area contributed by atoms with Crippen molar-refractivity contribution >= 4 is 18.0 Å². The summed E-state index contributed by atoms with van der Waals surface area (Å²) < 4.78 is 4.74. The maximum Gasteiger partial charge on any atom is 0.326 e. The summed E-state index contributed by atoms with van der Waals surface area (Å²) in [7, 11) is 0. The molecule has 3 N–H and O–H groups in total. The number of amides is 2. The van der Waals surface area contributed by atoms with Crippen LogP contribution in [0.5, 0.6) is 0 Å². The number of urea groups is 1. The fourth-order valence-electron chi connectivity index (χ4n) is 2.04. The Morgan fingerprint density at radius 1 is 1.40 bits per heavy atom. The van der Waals surface area contributed by atoms with E-state index in [4.69, 9.17) is 9.84 Å². The van der Waals surface area contributed by atoms with E-state index >= 15 is 0 Å². The van der Waals surface area contributed by atoms with Crippen molar-refractivity contribution < 1.29 is 29.3 Å². The number of hydrogen-bond donors (Lipinski definition) is 3. The van der Waals surface area contributed by atoms with Crippen LogP contribution in [0.2, 0.25) is 0 Å². The second-order valence-corrected chi connectivity index (χ2v) is 4.54. The number of esters is 1. The lowest BCUT2D eigenvalue weighted by Crippen LogP contribution is -2.46. The van der Waals surface area contributed by atoms with E-state index in [1.807, 2.05) is 0 Å². The van der Waals surface area contributed by atoms with Gasteiger partial charge in [-0.3, -0.25) is 4.79 Å². The summed E-state index contributed by atoms with van der Waals surface area (Å²) in [5, 5.41) is 20.9. The molecule has 0 saturated carbocycles. The van der Waals surface area contributed by atoms with Gasteiger partial charge in [-0.1, -0.05) is 0 Å². The maximum absolute atomic E-state index is 11.8. The van der Waals surface area contributed by atoms with Crippen LogP contribution in [0.25, 0.3) is 0 Å². The topological polar surface area (TPSA) is 116 Å². The molecule has 8 nitrogen and oxygen atoms in total. The molecule has 0 aromatic rings.